The number of carbonyl (C=O) groups is 4. The van der Waals surface area contributed by atoms with Crippen LogP contribution in [-0.4, -0.2) is 86.6 Å². The molecule has 6 unspecified atom stereocenters. The van der Waals surface area contributed by atoms with Crippen LogP contribution in [0.5, 0.6) is 5.75 Å². The molecular weight excluding hydrogens is 713 g/mol. The van der Waals surface area contributed by atoms with E-state index in [0.29, 0.717) is 36.6 Å². The van der Waals surface area contributed by atoms with Crippen molar-refractivity contribution in [2.75, 3.05) is 26.2 Å². The Morgan fingerprint density at radius 2 is 1.07 bits per heavy atom. The van der Waals surface area contributed by atoms with E-state index in [1.807, 2.05) is 60.7 Å². The number of piperidine rings is 2. The minimum atomic E-state index is -0.678. The topological polar surface area (TPSA) is 101 Å². The molecule has 1 N–H and O–H groups in total. The van der Waals surface area contributed by atoms with Crippen molar-refractivity contribution in [2.45, 2.75) is 69.6 Å². The summed E-state index contributed by atoms with van der Waals surface area (Å²) in [5.41, 5.74) is 4.06. The lowest BCUT2D eigenvalue weighted by Crippen LogP contribution is -2.48. The van der Waals surface area contributed by atoms with Gasteiger partial charge in [0.25, 0.3) is 0 Å². The molecule has 4 aromatic rings. The number of likely N-dealkylation sites (tertiary alicyclic amines) is 4. The molecule has 10 rings (SSSR count). The van der Waals surface area contributed by atoms with Gasteiger partial charge in [0.1, 0.15) is 5.75 Å². The molecule has 4 heterocycles. The molecule has 4 saturated heterocycles. The van der Waals surface area contributed by atoms with E-state index in [1.54, 1.807) is 9.80 Å². The second kappa shape index (κ2) is 14.7. The number of hydrogen-bond acceptors (Lipinski definition) is 7. The summed E-state index contributed by atoms with van der Waals surface area (Å²) in [7, 11) is 0. The molecule has 1 saturated carbocycles. The minimum Gasteiger partial charge on any atom is -0.507 e. The lowest BCUT2D eigenvalue weighted by molar-refractivity contribution is -0.146. The molecule has 6 atom stereocenters. The van der Waals surface area contributed by atoms with Gasteiger partial charge >= 0.3 is 0 Å². The zero-order valence-corrected chi connectivity index (χ0v) is 32.3. The van der Waals surface area contributed by atoms with Gasteiger partial charge in [0.05, 0.1) is 23.7 Å². The van der Waals surface area contributed by atoms with Gasteiger partial charge in [-0.1, -0.05) is 109 Å². The van der Waals surface area contributed by atoms with Crippen molar-refractivity contribution in [3.05, 3.63) is 125 Å². The number of carbonyl (C=O) groups excluding carboxylic acids is 4. The molecule has 4 amide bonds. The molecule has 0 radical (unpaired) electrons. The average Bonchev–Trinajstić information content (AvgIpc) is 3.65. The number of nitrogens with zero attached hydrogens (tertiary/aromatic N) is 4. The number of rotatable bonds is 7. The molecule has 0 spiro atoms. The van der Waals surface area contributed by atoms with Gasteiger partial charge in [-0.05, 0) is 61.0 Å². The molecule has 9 heteroatoms. The zero-order chi connectivity index (χ0) is 38.8. The molecule has 6 aliphatic rings. The zero-order valence-electron chi connectivity index (χ0n) is 32.3. The molecule has 4 aromatic carbocycles. The molecule has 5 fully saturated rings. The van der Waals surface area contributed by atoms with Crippen LogP contribution in [0.1, 0.15) is 61.1 Å². The number of imide groups is 2. The Morgan fingerprint density at radius 3 is 1.67 bits per heavy atom. The third-order valence-electron chi connectivity index (χ3n) is 14.3. The van der Waals surface area contributed by atoms with Gasteiger partial charge in [0.2, 0.25) is 23.6 Å². The van der Waals surface area contributed by atoms with Gasteiger partial charge < -0.3 is 5.11 Å². The molecule has 0 aromatic heterocycles. The third-order valence-corrected chi connectivity index (χ3v) is 14.3. The maximum atomic E-state index is 14.8. The average molecular weight is 763 g/mol. The van der Waals surface area contributed by atoms with Gasteiger partial charge in [-0.2, -0.15) is 0 Å². The highest BCUT2D eigenvalue weighted by molar-refractivity contribution is 6.08. The number of fused-ring (bicyclic) bond motifs is 5. The first kappa shape index (κ1) is 36.2. The van der Waals surface area contributed by atoms with Crippen LogP contribution in [0.15, 0.2) is 109 Å². The van der Waals surface area contributed by atoms with Crippen molar-refractivity contribution in [3.63, 3.8) is 0 Å². The molecule has 0 bridgehead atoms. The normalized spacial score (nSPS) is 28.8. The number of aromatic hydroxyl groups is 1. The van der Waals surface area contributed by atoms with E-state index in [9.17, 15) is 24.3 Å². The fourth-order valence-corrected chi connectivity index (χ4v) is 11.6. The van der Waals surface area contributed by atoms with Crippen molar-refractivity contribution < 1.29 is 24.3 Å². The fourth-order valence-electron chi connectivity index (χ4n) is 11.6. The molecular formula is C48H50N4O5. The predicted molar refractivity (Wildman–Crippen MR) is 216 cm³/mol. The summed E-state index contributed by atoms with van der Waals surface area (Å²) in [6.45, 7) is 4.87. The molecule has 292 valence electrons. The van der Waals surface area contributed by atoms with Gasteiger partial charge in [-0.3, -0.25) is 38.8 Å². The van der Waals surface area contributed by atoms with Crippen molar-refractivity contribution >= 4 is 34.4 Å². The Morgan fingerprint density at radius 1 is 0.544 bits per heavy atom. The Labute approximate surface area is 333 Å². The summed E-state index contributed by atoms with van der Waals surface area (Å²) in [6, 6.07) is 32.0. The number of allylic oxidation sites excluding steroid dienone is 2. The summed E-state index contributed by atoms with van der Waals surface area (Å²) in [5, 5.41) is 13.5. The van der Waals surface area contributed by atoms with Crippen molar-refractivity contribution in [3.8, 4) is 5.75 Å². The lowest BCUT2D eigenvalue weighted by Gasteiger charge is -2.44. The molecule has 2 aliphatic carbocycles. The highest BCUT2D eigenvalue weighted by atomic mass is 16.3. The number of amides is 4. The first-order chi connectivity index (χ1) is 27.9. The van der Waals surface area contributed by atoms with Crippen LogP contribution in [-0.2, 0) is 32.3 Å². The van der Waals surface area contributed by atoms with Gasteiger partial charge in [0, 0.05) is 68.2 Å². The monoisotopic (exact) mass is 762 g/mol. The van der Waals surface area contributed by atoms with E-state index in [1.165, 1.54) is 11.1 Å². The van der Waals surface area contributed by atoms with Crippen molar-refractivity contribution in [1.29, 1.82) is 0 Å². The summed E-state index contributed by atoms with van der Waals surface area (Å²) in [5.74, 6) is -3.72. The van der Waals surface area contributed by atoms with E-state index in [-0.39, 0.29) is 47.4 Å². The van der Waals surface area contributed by atoms with Crippen LogP contribution < -0.4 is 0 Å². The number of hydrogen-bond donors (Lipinski definition) is 1. The number of benzene rings is 4. The lowest BCUT2D eigenvalue weighted by atomic mass is 9.57. The Hall–Kier alpha value is -5.12. The van der Waals surface area contributed by atoms with Crippen molar-refractivity contribution in [1.82, 2.24) is 19.6 Å². The van der Waals surface area contributed by atoms with Gasteiger partial charge in [-0.15, -0.1) is 0 Å². The van der Waals surface area contributed by atoms with Crippen LogP contribution in [0.25, 0.3) is 10.8 Å². The molecule has 57 heavy (non-hydrogen) atoms. The van der Waals surface area contributed by atoms with Crippen LogP contribution in [0.4, 0.5) is 0 Å². The van der Waals surface area contributed by atoms with E-state index in [0.717, 1.165) is 63.1 Å². The second-order valence-corrected chi connectivity index (χ2v) is 17.3. The quantitative estimate of drug-likeness (QED) is 0.169. The summed E-state index contributed by atoms with van der Waals surface area (Å²) in [6.07, 6.45) is 5.76. The highest BCUT2D eigenvalue weighted by Crippen LogP contribution is 2.60. The van der Waals surface area contributed by atoms with E-state index in [2.05, 4.69) is 52.3 Å². The summed E-state index contributed by atoms with van der Waals surface area (Å²) >= 11 is 0. The van der Waals surface area contributed by atoms with Crippen LogP contribution in [0, 0.1) is 29.6 Å². The standard InChI is InChI=1S/C48H50N4O5/c53-44-35-14-8-7-13-32(35)15-16-37(44)41-36-17-18-38-42(47(56)51(45(38)54)33-19-23-49(24-20-33)28-30-9-3-1-4-10-30)39(36)27-40-43(41)48(57)52(46(40)55)34-21-25-50(26-22-34)29-31-11-5-2-6-12-31/h1-17,33-34,38-43,53H,18-29H2. The van der Waals surface area contributed by atoms with E-state index < -0.39 is 29.6 Å². The SMILES string of the molecule is O=C1C2CC=C3C(CC4C(=O)N(C5CCN(Cc6ccccc6)CC5)C(=O)C4C3c3ccc4ccccc4c3O)C2C(=O)N1C1CCN(Cc2ccccc2)CC1. The Kier molecular flexibility index (Phi) is 9.33. The van der Waals surface area contributed by atoms with Crippen LogP contribution >= 0.6 is 0 Å². The van der Waals surface area contributed by atoms with Gasteiger partial charge in [-0.25, -0.2) is 0 Å². The van der Waals surface area contributed by atoms with Crippen LogP contribution in [0.3, 0.4) is 0 Å². The molecule has 9 nitrogen and oxygen atoms in total. The maximum absolute atomic E-state index is 14.8. The summed E-state index contributed by atoms with van der Waals surface area (Å²) in [4.78, 5) is 66.5. The fraction of sp³-hybridized carbons (Fsp3) is 0.417. The number of phenolic OH excluding ortho intramolecular Hbond substituents is 1. The molecule has 4 aliphatic heterocycles. The maximum Gasteiger partial charge on any atom is 0.234 e. The first-order valence-electron chi connectivity index (χ1n) is 21.0. The Bertz CT molecular complexity index is 2240. The predicted octanol–water partition coefficient (Wildman–Crippen LogP) is 6.51. The first-order valence-corrected chi connectivity index (χ1v) is 21.0. The second-order valence-electron chi connectivity index (χ2n) is 17.3. The number of phenols is 1. The van der Waals surface area contributed by atoms with Gasteiger partial charge in [0.15, 0.2) is 0 Å². The third kappa shape index (κ3) is 6.21. The minimum absolute atomic E-state index is 0.0910. The Balaban J connectivity index is 0.938. The van der Waals surface area contributed by atoms with E-state index in [4.69, 9.17) is 0 Å². The van der Waals surface area contributed by atoms with Crippen LogP contribution in [0.2, 0.25) is 0 Å². The largest absolute Gasteiger partial charge is 0.507 e. The van der Waals surface area contributed by atoms with Crippen molar-refractivity contribution in [2.24, 2.45) is 29.6 Å². The smallest absolute Gasteiger partial charge is 0.234 e. The summed E-state index contributed by atoms with van der Waals surface area (Å²) < 4.78 is 0. The van der Waals surface area contributed by atoms with E-state index >= 15 is 0 Å². The highest BCUT2D eigenvalue weighted by Gasteiger charge is 2.63.